The molecule has 1 aliphatic rings. The quantitative estimate of drug-likeness (QED) is 0.770. The second-order valence-corrected chi connectivity index (χ2v) is 11.1. The van der Waals surface area contributed by atoms with Crippen molar-refractivity contribution >= 4 is 14.2 Å². The molecule has 1 saturated carbocycles. The van der Waals surface area contributed by atoms with Gasteiger partial charge in [0.15, 0.2) is 8.32 Å². The zero-order chi connectivity index (χ0) is 12.6. The summed E-state index contributed by atoms with van der Waals surface area (Å²) in [6, 6.07) is 0. The van der Waals surface area contributed by atoms with E-state index < -0.39 is 8.32 Å². The van der Waals surface area contributed by atoms with E-state index in [0.717, 1.165) is 12.8 Å². The number of hydrogen-bond acceptors (Lipinski definition) is 2. The van der Waals surface area contributed by atoms with Crippen LogP contribution in [0, 0.1) is 12.3 Å². The molecule has 1 amide bonds. The summed E-state index contributed by atoms with van der Waals surface area (Å²) in [4.78, 5) is 10.7. The first kappa shape index (κ1) is 13.7. The third kappa shape index (κ3) is 3.32. The second kappa shape index (κ2) is 4.49. The van der Waals surface area contributed by atoms with Crippen LogP contribution in [-0.4, -0.2) is 20.3 Å². The van der Waals surface area contributed by atoms with Gasteiger partial charge < -0.3 is 10.2 Å². The minimum absolute atomic E-state index is 0.255. The highest BCUT2D eigenvalue weighted by Crippen LogP contribution is 2.41. The minimum Gasteiger partial charge on any atom is -0.414 e. The molecule has 0 spiro atoms. The van der Waals surface area contributed by atoms with Gasteiger partial charge in [0.05, 0.1) is 6.42 Å². The SMILES string of the molecule is CC(C)(C)[Si](C)(C)O[C@H]1C[C@@H]([CH]C(N)=O)C1. The fourth-order valence-electron chi connectivity index (χ4n) is 1.66. The van der Waals surface area contributed by atoms with Gasteiger partial charge in [-0.2, -0.15) is 0 Å². The molecule has 0 aromatic carbocycles. The molecule has 0 unspecified atom stereocenters. The van der Waals surface area contributed by atoms with Crippen LogP contribution in [0.15, 0.2) is 0 Å². The minimum atomic E-state index is -1.64. The van der Waals surface area contributed by atoms with Gasteiger partial charge in [0.1, 0.15) is 0 Å². The van der Waals surface area contributed by atoms with E-state index >= 15 is 0 Å². The largest absolute Gasteiger partial charge is 0.414 e. The summed E-state index contributed by atoms with van der Waals surface area (Å²) < 4.78 is 6.22. The van der Waals surface area contributed by atoms with Crippen LogP contribution in [-0.2, 0) is 9.22 Å². The molecule has 0 bridgehead atoms. The second-order valence-electron chi connectivity index (χ2n) is 6.30. The summed E-state index contributed by atoms with van der Waals surface area (Å²) in [7, 11) is -1.64. The number of primary amides is 1. The summed E-state index contributed by atoms with van der Waals surface area (Å²) in [5, 5.41) is 0.255. The number of hydrogen-bond donors (Lipinski definition) is 1. The molecule has 0 heterocycles. The molecule has 1 rings (SSSR count). The maximum Gasteiger partial charge on any atom is 0.221 e. The van der Waals surface area contributed by atoms with Gasteiger partial charge in [-0.15, -0.1) is 0 Å². The van der Waals surface area contributed by atoms with E-state index in [-0.39, 0.29) is 10.9 Å². The monoisotopic (exact) mass is 242 g/mol. The number of carbonyl (C=O) groups excluding carboxylic acids is 1. The smallest absolute Gasteiger partial charge is 0.221 e. The van der Waals surface area contributed by atoms with Gasteiger partial charge in [-0.05, 0) is 36.9 Å². The van der Waals surface area contributed by atoms with Gasteiger partial charge >= 0.3 is 0 Å². The Morgan fingerprint density at radius 3 is 2.25 bits per heavy atom. The third-order valence-electron chi connectivity index (χ3n) is 3.80. The molecule has 93 valence electrons. The average molecular weight is 242 g/mol. The van der Waals surface area contributed by atoms with Crippen LogP contribution in [0.4, 0.5) is 0 Å². The highest BCUT2D eigenvalue weighted by atomic mass is 28.4. The Morgan fingerprint density at radius 1 is 1.38 bits per heavy atom. The molecular weight excluding hydrogens is 218 g/mol. The maximum atomic E-state index is 10.7. The van der Waals surface area contributed by atoms with Gasteiger partial charge in [-0.1, -0.05) is 20.8 Å². The molecule has 1 aliphatic carbocycles. The van der Waals surface area contributed by atoms with Gasteiger partial charge in [-0.3, -0.25) is 4.79 Å². The van der Waals surface area contributed by atoms with E-state index in [4.69, 9.17) is 10.2 Å². The fraction of sp³-hybridized carbons (Fsp3) is 0.833. The zero-order valence-corrected chi connectivity index (χ0v) is 12.0. The van der Waals surface area contributed by atoms with E-state index in [1.807, 2.05) is 0 Å². The lowest BCUT2D eigenvalue weighted by molar-refractivity contribution is -0.116. The summed E-state index contributed by atoms with van der Waals surface area (Å²) in [6.07, 6.45) is 3.86. The van der Waals surface area contributed by atoms with Gasteiger partial charge in [-0.25, -0.2) is 0 Å². The Hall–Kier alpha value is -0.353. The zero-order valence-electron chi connectivity index (χ0n) is 11.0. The topological polar surface area (TPSA) is 52.3 Å². The summed E-state index contributed by atoms with van der Waals surface area (Å²) in [5.41, 5.74) is 5.12. The number of nitrogens with two attached hydrogens (primary N) is 1. The number of amides is 1. The maximum absolute atomic E-state index is 10.7. The van der Waals surface area contributed by atoms with Crippen LogP contribution in [0.3, 0.4) is 0 Å². The molecule has 16 heavy (non-hydrogen) atoms. The lowest BCUT2D eigenvalue weighted by atomic mass is 9.80. The molecule has 3 nitrogen and oxygen atoms in total. The highest BCUT2D eigenvalue weighted by molar-refractivity contribution is 6.74. The van der Waals surface area contributed by atoms with Crippen molar-refractivity contribution in [2.24, 2.45) is 11.7 Å². The highest BCUT2D eigenvalue weighted by Gasteiger charge is 2.42. The van der Waals surface area contributed by atoms with Crippen molar-refractivity contribution in [3.63, 3.8) is 0 Å². The molecule has 0 atom stereocenters. The van der Waals surface area contributed by atoms with Crippen LogP contribution < -0.4 is 5.73 Å². The van der Waals surface area contributed by atoms with E-state index in [2.05, 4.69) is 33.9 Å². The van der Waals surface area contributed by atoms with Crippen molar-refractivity contribution in [1.29, 1.82) is 0 Å². The van der Waals surface area contributed by atoms with Crippen LogP contribution in [0.2, 0.25) is 18.1 Å². The van der Waals surface area contributed by atoms with Crippen LogP contribution >= 0.6 is 0 Å². The van der Waals surface area contributed by atoms with Crippen LogP contribution in [0.5, 0.6) is 0 Å². The van der Waals surface area contributed by atoms with E-state index in [1.165, 1.54) is 0 Å². The first-order valence-electron chi connectivity index (χ1n) is 5.94. The first-order chi connectivity index (χ1) is 7.12. The molecule has 0 aromatic rings. The lowest BCUT2D eigenvalue weighted by Crippen LogP contribution is -2.48. The van der Waals surface area contributed by atoms with Crippen molar-refractivity contribution in [3.8, 4) is 0 Å². The molecule has 0 aromatic heterocycles. The first-order valence-corrected chi connectivity index (χ1v) is 8.85. The van der Waals surface area contributed by atoms with Gasteiger partial charge in [0.2, 0.25) is 5.91 Å². The standard InChI is InChI=1S/C12H24NO2Si/c1-12(2,3)16(4,5)15-10-6-9(7-10)8-11(13)14/h8-10H,6-7H2,1-5H3,(H2,13,14)/t9-,10+. The van der Waals surface area contributed by atoms with Gasteiger partial charge in [0, 0.05) is 6.10 Å². The molecule has 4 heteroatoms. The van der Waals surface area contributed by atoms with E-state index in [1.54, 1.807) is 6.42 Å². The van der Waals surface area contributed by atoms with Crippen molar-refractivity contribution in [1.82, 2.24) is 0 Å². The molecular formula is C12H24NO2Si. The average Bonchev–Trinajstić information content (AvgIpc) is 1.96. The molecule has 1 radical (unpaired) electrons. The lowest BCUT2D eigenvalue weighted by Gasteiger charge is -2.44. The Morgan fingerprint density at radius 2 is 1.88 bits per heavy atom. The van der Waals surface area contributed by atoms with Gasteiger partial charge in [0.25, 0.3) is 0 Å². The van der Waals surface area contributed by atoms with Crippen molar-refractivity contribution in [2.75, 3.05) is 0 Å². The van der Waals surface area contributed by atoms with Crippen LogP contribution in [0.25, 0.3) is 0 Å². The molecule has 2 N–H and O–H groups in total. The molecule has 0 saturated heterocycles. The number of carbonyl (C=O) groups is 1. The third-order valence-corrected chi connectivity index (χ3v) is 8.33. The predicted octanol–water partition coefficient (Wildman–Crippen LogP) is 2.48. The van der Waals surface area contributed by atoms with E-state index in [0.29, 0.717) is 12.0 Å². The van der Waals surface area contributed by atoms with Crippen LogP contribution in [0.1, 0.15) is 33.6 Å². The van der Waals surface area contributed by atoms with Crippen molar-refractivity contribution in [2.45, 2.75) is 57.8 Å². The fourth-order valence-corrected chi connectivity index (χ4v) is 3.04. The van der Waals surface area contributed by atoms with E-state index in [9.17, 15) is 4.79 Å². The Balaban J connectivity index is 2.35. The predicted molar refractivity (Wildman–Crippen MR) is 68.3 cm³/mol. The Labute approximate surface area is 99.9 Å². The Bertz CT molecular complexity index is 265. The Kier molecular flexibility index (Phi) is 3.85. The summed E-state index contributed by atoms with van der Waals surface area (Å²) in [6.45, 7) is 11.2. The van der Waals surface area contributed by atoms with Crippen molar-refractivity contribution < 1.29 is 9.22 Å². The summed E-state index contributed by atoms with van der Waals surface area (Å²) >= 11 is 0. The molecule has 0 aliphatic heterocycles. The summed E-state index contributed by atoms with van der Waals surface area (Å²) in [5.74, 6) is 0.0306. The number of rotatable bonds is 4. The molecule has 1 fully saturated rings. The normalized spacial score (nSPS) is 26.3. The van der Waals surface area contributed by atoms with Crippen molar-refractivity contribution in [3.05, 3.63) is 6.42 Å².